The number of amides is 1. The van der Waals surface area contributed by atoms with Gasteiger partial charge < -0.3 is 18.7 Å². The molecule has 176 valence electrons. The van der Waals surface area contributed by atoms with Gasteiger partial charge in [-0.2, -0.15) is 0 Å². The number of anilines is 1. The van der Waals surface area contributed by atoms with Crippen molar-refractivity contribution in [3.8, 4) is 22.7 Å². The highest BCUT2D eigenvalue weighted by atomic mass is 32.1. The Balaban J connectivity index is 1.31. The zero-order chi connectivity index (χ0) is 23.3. The summed E-state index contributed by atoms with van der Waals surface area (Å²) in [5, 5.41) is 6.70. The minimum absolute atomic E-state index is 0.188. The van der Waals surface area contributed by atoms with Gasteiger partial charge in [-0.25, -0.2) is 4.98 Å². The van der Waals surface area contributed by atoms with Crippen LogP contribution in [0.2, 0.25) is 0 Å². The van der Waals surface area contributed by atoms with Gasteiger partial charge in [-0.15, -0.1) is 11.3 Å². The molecule has 0 spiro atoms. The van der Waals surface area contributed by atoms with Gasteiger partial charge in [0.1, 0.15) is 11.4 Å². The number of nitrogens with zero attached hydrogens (tertiary/aromatic N) is 5. The molecule has 3 aromatic heterocycles. The maximum absolute atomic E-state index is 13.2. The Bertz CT molecular complexity index is 1200. The molecule has 1 aliphatic heterocycles. The van der Waals surface area contributed by atoms with E-state index in [1.165, 1.54) is 17.6 Å². The first-order valence-corrected chi connectivity index (χ1v) is 12.3. The third-order valence-corrected chi connectivity index (χ3v) is 6.85. The van der Waals surface area contributed by atoms with Crippen LogP contribution < -0.4 is 4.90 Å². The van der Waals surface area contributed by atoms with Crippen LogP contribution in [0.25, 0.3) is 22.7 Å². The molecule has 1 amide bonds. The standard InChI is InChI=1S/C25H27N5O3S/c1-28-12-14-29(15-13-28)10-6-11-30(24(31)22-9-5-16-32-22)25-26-21(18-34-25)23-17-20(27-33-23)19-7-3-2-4-8-19/h2-5,7-9,16-18H,6,10-15H2,1H3. The lowest BCUT2D eigenvalue weighted by Crippen LogP contribution is -2.45. The molecule has 0 bridgehead atoms. The maximum Gasteiger partial charge on any atom is 0.295 e. The smallest absolute Gasteiger partial charge is 0.295 e. The van der Waals surface area contributed by atoms with Crippen molar-refractivity contribution in [2.45, 2.75) is 6.42 Å². The summed E-state index contributed by atoms with van der Waals surface area (Å²) in [6.45, 7) is 5.76. The Morgan fingerprint density at radius 3 is 2.68 bits per heavy atom. The number of hydrogen-bond donors (Lipinski definition) is 0. The van der Waals surface area contributed by atoms with Crippen molar-refractivity contribution < 1.29 is 13.7 Å². The first kappa shape index (κ1) is 22.5. The SMILES string of the molecule is CN1CCN(CCCN(C(=O)c2ccco2)c2nc(-c3cc(-c4ccccc4)no3)cs2)CC1. The summed E-state index contributed by atoms with van der Waals surface area (Å²) < 4.78 is 11.0. The van der Waals surface area contributed by atoms with Gasteiger partial charge in [0, 0.05) is 49.7 Å². The molecule has 0 atom stereocenters. The lowest BCUT2D eigenvalue weighted by Gasteiger charge is -2.32. The van der Waals surface area contributed by atoms with Crippen LogP contribution in [0.1, 0.15) is 17.0 Å². The molecular formula is C25H27N5O3S. The van der Waals surface area contributed by atoms with Crippen molar-refractivity contribution in [2.75, 3.05) is 51.2 Å². The molecule has 0 aliphatic carbocycles. The first-order chi connectivity index (χ1) is 16.7. The number of thiazole rings is 1. The average Bonchev–Trinajstić information content (AvgIpc) is 3.65. The van der Waals surface area contributed by atoms with E-state index in [9.17, 15) is 4.79 Å². The van der Waals surface area contributed by atoms with Crippen molar-refractivity contribution in [1.29, 1.82) is 0 Å². The van der Waals surface area contributed by atoms with Crippen LogP contribution >= 0.6 is 11.3 Å². The third kappa shape index (κ3) is 5.11. The number of carbonyl (C=O) groups is 1. The first-order valence-electron chi connectivity index (χ1n) is 11.4. The number of rotatable bonds is 8. The summed E-state index contributed by atoms with van der Waals surface area (Å²) in [6, 6.07) is 15.1. The van der Waals surface area contributed by atoms with Gasteiger partial charge in [0.2, 0.25) is 0 Å². The quantitative estimate of drug-likeness (QED) is 0.373. The van der Waals surface area contributed by atoms with Crippen molar-refractivity contribution in [1.82, 2.24) is 19.9 Å². The number of carbonyl (C=O) groups excluding carboxylic acids is 1. The zero-order valence-corrected chi connectivity index (χ0v) is 19.9. The third-order valence-electron chi connectivity index (χ3n) is 5.98. The topological polar surface area (TPSA) is 78.9 Å². The van der Waals surface area contributed by atoms with Crippen LogP contribution in [0.3, 0.4) is 0 Å². The molecule has 1 saturated heterocycles. The molecule has 8 nitrogen and oxygen atoms in total. The Morgan fingerprint density at radius 1 is 1.09 bits per heavy atom. The minimum Gasteiger partial charge on any atom is -0.459 e. The normalized spacial score (nSPS) is 15.0. The van der Waals surface area contributed by atoms with Crippen molar-refractivity contribution >= 4 is 22.4 Å². The predicted octanol–water partition coefficient (Wildman–Crippen LogP) is 4.34. The molecule has 9 heteroatoms. The summed E-state index contributed by atoms with van der Waals surface area (Å²) in [7, 11) is 2.15. The van der Waals surface area contributed by atoms with Crippen LogP contribution in [-0.2, 0) is 0 Å². The van der Waals surface area contributed by atoms with Crippen LogP contribution in [0.15, 0.2) is 69.1 Å². The van der Waals surface area contributed by atoms with Gasteiger partial charge in [0.15, 0.2) is 16.7 Å². The number of furan rings is 1. The van der Waals surface area contributed by atoms with Gasteiger partial charge in [-0.05, 0) is 32.1 Å². The van der Waals surface area contributed by atoms with Crippen molar-refractivity contribution in [2.24, 2.45) is 0 Å². The number of aromatic nitrogens is 2. The molecule has 34 heavy (non-hydrogen) atoms. The molecule has 0 N–H and O–H groups in total. The van der Waals surface area contributed by atoms with Gasteiger partial charge in [0.25, 0.3) is 5.91 Å². The molecule has 4 aromatic rings. The van der Waals surface area contributed by atoms with Crippen LogP contribution in [0.4, 0.5) is 5.13 Å². The van der Waals surface area contributed by atoms with Gasteiger partial charge >= 0.3 is 0 Å². The highest BCUT2D eigenvalue weighted by Crippen LogP contribution is 2.31. The van der Waals surface area contributed by atoms with E-state index in [1.54, 1.807) is 17.0 Å². The largest absolute Gasteiger partial charge is 0.459 e. The second kappa shape index (κ2) is 10.3. The maximum atomic E-state index is 13.2. The molecule has 1 fully saturated rings. The fraction of sp³-hybridized carbons (Fsp3) is 0.320. The molecule has 0 unspecified atom stereocenters. The Kier molecular flexibility index (Phi) is 6.84. The Labute approximate surface area is 202 Å². The second-order valence-electron chi connectivity index (χ2n) is 8.39. The molecule has 5 rings (SSSR count). The fourth-order valence-electron chi connectivity index (χ4n) is 3.98. The molecule has 0 saturated carbocycles. The average molecular weight is 478 g/mol. The van der Waals surface area contributed by atoms with Gasteiger partial charge in [-0.1, -0.05) is 35.5 Å². The Morgan fingerprint density at radius 2 is 1.91 bits per heavy atom. The van der Waals surface area contributed by atoms with Crippen molar-refractivity contribution in [3.05, 3.63) is 65.9 Å². The summed E-state index contributed by atoms with van der Waals surface area (Å²) in [6.07, 6.45) is 2.37. The molecule has 4 heterocycles. The van der Waals surface area contributed by atoms with Gasteiger partial charge in [-0.3, -0.25) is 9.69 Å². The van der Waals surface area contributed by atoms with E-state index >= 15 is 0 Å². The summed E-state index contributed by atoms with van der Waals surface area (Å²) in [4.78, 5) is 24.4. The number of hydrogen-bond acceptors (Lipinski definition) is 8. The Hall–Kier alpha value is -3.27. The summed E-state index contributed by atoms with van der Waals surface area (Å²) in [5.41, 5.74) is 2.39. The van der Waals surface area contributed by atoms with E-state index in [-0.39, 0.29) is 5.91 Å². The summed E-state index contributed by atoms with van der Waals surface area (Å²) in [5.74, 6) is 0.693. The molecular weight excluding hydrogens is 450 g/mol. The van der Waals surface area contributed by atoms with E-state index in [0.29, 0.717) is 28.9 Å². The molecule has 0 radical (unpaired) electrons. The summed E-state index contributed by atoms with van der Waals surface area (Å²) >= 11 is 1.41. The van der Waals surface area contributed by atoms with E-state index in [0.717, 1.165) is 50.4 Å². The highest BCUT2D eigenvalue weighted by Gasteiger charge is 2.24. The van der Waals surface area contributed by atoms with Crippen LogP contribution in [0.5, 0.6) is 0 Å². The monoisotopic (exact) mass is 477 g/mol. The highest BCUT2D eigenvalue weighted by molar-refractivity contribution is 7.14. The zero-order valence-electron chi connectivity index (χ0n) is 19.1. The minimum atomic E-state index is -0.188. The molecule has 1 aromatic carbocycles. The predicted molar refractivity (Wildman–Crippen MR) is 132 cm³/mol. The van der Waals surface area contributed by atoms with E-state index in [2.05, 4.69) is 22.0 Å². The fourth-order valence-corrected chi connectivity index (χ4v) is 4.82. The van der Waals surface area contributed by atoms with Gasteiger partial charge in [0.05, 0.1) is 6.26 Å². The lowest BCUT2D eigenvalue weighted by atomic mass is 10.1. The lowest BCUT2D eigenvalue weighted by molar-refractivity contribution is 0.0957. The number of piperazine rings is 1. The van der Waals surface area contributed by atoms with Crippen molar-refractivity contribution in [3.63, 3.8) is 0 Å². The van der Waals surface area contributed by atoms with Crippen LogP contribution in [-0.4, -0.2) is 72.2 Å². The van der Waals surface area contributed by atoms with E-state index in [4.69, 9.17) is 13.9 Å². The number of likely N-dealkylation sites (N-methyl/N-ethyl adjacent to an activating group) is 1. The van der Waals surface area contributed by atoms with E-state index in [1.807, 2.05) is 41.8 Å². The second-order valence-corrected chi connectivity index (χ2v) is 9.23. The molecule has 1 aliphatic rings. The van der Waals surface area contributed by atoms with Crippen LogP contribution in [0, 0.1) is 0 Å². The van der Waals surface area contributed by atoms with E-state index < -0.39 is 0 Å². The number of benzene rings is 1.